The summed E-state index contributed by atoms with van der Waals surface area (Å²) < 4.78 is 0. The molecule has 0 fully saturated rings. The molecular formula is C9H8ClN2NaO2. The Morgan fingerprint density at radius 3 is 2.93 bits per heavy atom. The van der Waals surface area contributed by atoms with Crippen LogP contribution in [0.5, 0.6) is 0 Å². The van der Waals surface area contributed by atoms with E-state index in [2.05, 4.69) is 10.2 Å². The van der Waals surface area contributed by atoms with Crippen molar-refractivity contribution in [1.82, 2.24) is 10.2 Å². The van der Waals surface area contributed by atoms with Crippen LogP contribution >= 0.6 is 11.6 Å². The summed E-state index contributed by atoms with van der Waals surface area (Å²) in [5.74, 6) is -0.904. The first kappa shape index (κ1) is 12.5. The van der Waals surface area contributed by atoms with E-state index in [0.717, 1.165) is 10.9 Å². The Hall–Kier alpha value is -0.550. The van der Waals surface area contributed by atoms with Crippen LogP contribution in [-0.2, 0) is 11.2 Å². The summed E-state index contributed by atoms with van der Waals surface area (Å²) in [4.78, 5) is 10.5. The number of nitrogens with zero attached hydrogens (tertiary/aromatic N) is 1. The molecule has 0 atom stereocenters. The molecule has 0 aliphatic carbocycles. The Morgan fingerprint density at radius 1 is 1.53 bits per heavy atom. The minimum atomic E-state index is -0.904. The van der Waals surface area contributed by atoms with Gasteiger partial charge in [0.05, 0.1) is 17.6 Å². The molecule has 0 unspecified atom stereocenters. The number of hydrogen-bond donors (Lipinski definition) is 2. The van der Waals surface area contributed by atoms with E-state index < -0.39 is 5.97 Å². The molecular weight excluding hydrogens is 227 g/mol. The summed E-state index contributed by atoms with van der Waals surface area (Å²) in [5.41, 5.74) is 1.31. The molecule has 0 aliphatic rings. The Morgan fingerprint density at radius 2 is 2.27 bits per heavy atom. The van der Waals surface area contributed by atoms with E-state index >= 15 is 0 Å². The van der Waals surface area contributed by atoms with E-state index in [4.69, 9.17) is 16.7 Å². The number of H-pyrrole nitrogens is 1. The Balaban J connectivity index is 0.00000112. The van der Waals surface area contributed by atoms with Gasteiger partial charge in [0.1, 0.15) is 0 Å². The number of aromatic nitrogens is 2. The number of benzene rings is 1. The summed E-state index contributed by atoms with van der Waals surface area (Å²) >= 11 is 5.80. The molecule has 0 amide bonds. The molecule has 0 bridgehead atoms. The van der Waals surface area contributed by atoms with Crippen LogP contribution < -0.4 is 0 Å². The number of aliphatic carboxylic acids is 1. The molecule has 0 saturated heterocycles. The molecule has 0 radical (unpaired) electrons. The third kappa shape index (κ3) is 2.72. The predicted molar refractivity (Wildman–Crippen MR) is 59.6 cm³/mol. The Labute approximate surface area is 113 Å². The fourth-order valence-electron chi connectivity index (χ4n) is 1.32. The van der Waals surface area contributed by atoms with E-state index in [1.54, 1.807) is 18.2 Å². The third-order valence-corrected chi connectivity index (χ3v) is 2.16. The fourth-order valence-corrected chi connectivity index (χ4v) is 1.49. The quantitative estimate of drug-likeness (QED) is 0.768. The maximum absolute atomic E-state index is 10.5. The van der Waals surface area contributed by atoms with Gasteiger partial charge < -0.3 is 5.11 Å². The first-order valence-electron chi connectivity index (χ1n) is 4.01. The zero-order valence-corrected chi connectivity index (χ0v) is 7.88. The zero-order chi connectivity index (χ0) is 10.1. The van der Waals surface area contributed by atoms with Crippen LogP contribution in [0.15, 0.2) is 18.2 Å². The van der Waals surface area contributed by atoms with Gasteiger partial charge in [-0.2, -0.15) is 5.10 Å². The molecule has 15 heavy (non-hydrogen) atoms. The van der Waals surface area contributed by atoms with Crippen LogP contribution in [0.2, 0.25) is 5.02 Å². The van der Waals surface area contributed by atoms with Crippen molar-refractivity contribution in [2.24, 2.45) is 0 Å². The van der Waals surface area contributed by atoms with Crippen LogP contribution in [0.3, 0.4) is 0 Å². The van der Waals surface area contributed by atoms with Crippen LogP contribution in [0.25, 0.3) is 10.9 Å². The Kier molecular flexibility index (Phi) is 4.16. The SMILES string of the molecule is O=C(O)Cc1n[nH]c2ccc(Cl)cc12.[NaH]. The van der Waals surface area contributed by atoms with E-state index in [9.17, 15) is 4.79 Å². The molecule has 6 heteroatoms. The molecule has 0 spiro atoms. The van der Waals surface area contributed by atoms with Gasteiger partial charge >= 0.3 is 35.5 Å². The minimum absolute atomic E-state index is 0. The second kappa shape index (κ2) is 4.99. The van der Waals surface area contributed by atoms with Crippen molar-refractivity contribution in [1.29, 1.82) is 0 Å². The molecule has 2 N–H and O–H groups in total. The van der Waals surface area contributed by atoms with Crippen molar-refractivity contribution < 1.29 is 9.90 Å². The third-order valence-electron chi connectivity index (χ3n) is 1.92. The van der Waals surface area contributed by atoms with Crippen molar-refractivity contribution >= 4 is 58.0 Å². The van der Waals surface area contributed by atoms with Crippen molar-refractivity contribution in [3.8, 4) is 0 Å². The van der Waals surface area contributed by atoms with Crippen molar-refractivity contribution in [2.45, 2.75) is 6.42 Å². The van der Waals surface area contributed by atoms with Gasteiger partial charge in [-0.1, -0.05) is 11.6 Å². The molecule has 1 heterocycles. The topological polar surface area (TPSA) is 66.0 Å². The molecule has 4 nitrogen and oxygen atoms in total. The number of carboxylic acids is 1. The molecule has 1 aromatic carbocycles. The molecule has 0 saturated carbocycles. The van der Waals surface area contributed by atoms with Gasteiger partial charge in [0, 0.05) is 10.4 Å². The zero-order valence-electron chi connectivity index (χ0n) is 7.12. The monoisotopic (exact) mass is 234 g/mol. The maximum atomic E-state index is 10.5. The number of fused-ring (bicyclic) bond motifs is 1. The first-order chi connectivity index (χ1) is 6.66. The van der Waals surface area contributed by atoms with E-state index in [-0.39, 0.29) is 36.0 Å². The van der Waals surface area contributed by atoms with Crippen molar-refractivity contribution in [3.63, 3.8) is 0 Å². The second-order valence-electron chi connectivity index (χ2n) is 2.93. The number of halogens is 1. The number of carboxylic acid groups (broad SMARTS) is 1. The molecule has 1 aromatic heterocycles. The normalized spacial score (nSPS) is 9.93. The number of rotatable bonds is 2. The predicted octanol–water partition coefficient (Wildman–Crippen LogP) is 1.19. The van der Waals surface area contributed by atoms with E-state index in [1.165, 1.54) is 0 Å². The summed E-state index contributed by atoms with van der Waals surface area (Å²) in [6.07, 6.45) is -0.0969. The number of carbonyl (C=O) groups is 1. The average Bonchev–Trinajstić information content (AvgIpc) is 2.47. The van der Waals surface area contributed by atoms with Gasteiger partial charge in [0.2, 0.25) is 0 Å². The standard InChI is InChI=1S/C9H7ClN2O2.Na.H/c10-5-1-2-7-6(3-5)8(12-11-7)4-9(13)14;;/h1-3H,4H2,(H,11,12)(H,13,14);;. The number of hydrogen-bond acceptors (Lipinski definition) is 2. The van der Waals surface area contributed by atoms with Gasteiger partial charge in [-0.25, -0.2) is 0 Å². The summed E-state index contributed by atoms with van der Waals surface area (Å²) in [5, 5.41) is 16.6. The van der Waals surface area contributed by atoms with Gasteiger partial charge in [0.25, 0.3) is 0 Å². The van der Waals surface area contributed by atoms with Crippen LogP contribution in [0.4, 0.5) is 0 Å². The van der Waals surface area contributed by atoms with Gasteiger partial charge in [-0.3, -0.25) is 9.89 Å². The molecule has 2 rings (SSSR count). The van der Waals surface area contributed by atoms with Gasteiger partial charge in [-0.15, -0.1) is 0 Å². The average molecular weight is 235 g/mol. The summed E-state index contributed by atoms with van der Waals surface area (Å²) in [6, 6.07) is 5.21. The number of aromatic amines is 1. The molecule has 0 aliphatic heterocycles. The fraction of sp³-hybridized carbons (Fsp3) is 0.111. The first-order valence-corrected chi connectivity index (χ1v) is 4.39. The molecule has 2 aromatic rings. The van der Waals surface area contributed by atoms with Gasteiger partial charge in [-0.05, 0) is 18.2 Å². The summed E-state index contributed by atoms with van der Waals surface area (Å²) in [7, 11) is 0. The van der Waals surface area contributed by atoms with Gasteiger partial charge in [0.15, 0.2) is 0 Å². The van der Waals surface area contributed by atoms with Crippen LogP contribution in [0, 0.1) is 0 Å². The van der Waals surface area contributed by atoms with E-state index in [0.29, 0.717) is 10.7 Å². The van der Waals surface area contributed by atoms with Crippen molar-refractivity contribution in [3.05, 3.63) is 28.9 Å². The Bertz CT molecular complexity index is 498. The van der Waals surface area contributed by atoms with Crippen LogP contribution in [-0.4, -0.2) is 50.8 Å². The van der Waals surface area contributed by atoms with Crippen LogP contribution in [0.1, 0.15) is 5.69 Å². The summed E-state index contributed by atoms with van der Waals surface area (Å²) in [6.45, 7) is 0. The van der Waals surface area contributed by atoms with Crippen molar-refractivity contribution in [2.75, 3.05) is 0 Å². The van der Waals surface area contributed by atoms with E-state index in [1.807, 2.05) is 0 Å². The second-order valence-corrected chi connectivity index (χ2v) is 3.37. The molecule has 74 valence electrons. The number of nitrogens with one attached hydrogen (secondary N) is 1.